The average molecular weight is 362 g/mol. The Morgan fingerprint density at radius 2 is 2.07 bits per heavy atom. The van der Waals surface area contributed by atoms with Gasteiger partial charge in [0.1, 0.15) is 18.2 Å². The first-order valence-electron chi connectivity index (χ1n) is 8.95. The summed E-state index contributed by atoms with van der Waals surface area (Å²) in [6, 6.07) is 11.1. The summed E-state index contributed by atoms with van der Waals surface area (Å²) >= 11 is 0. The molecule has 0 aliphatic carbocycles. The highest BCUT2D eigenvalue weighted by molar-refractivity contribution is 6.17. The Morgan fingerprint density at radius 1 is 1.33 bits per heavy atom. The van der Waals surface area contributed by atoms with E-state index in [0.29, 0.717) is 11.4 Å². The Morgan fingerprint density at radius 3 is 2.78 bits per heavy atom. The van der Waals surface area contributed by atoms with Gasteiger partial charge in [-0.1, -0.05) is 19.1 Å². The van der Waals surface area contributed by atoms with Crippen LogP contribution in [0.3, 0.4) is 0 Å². The molecule has 0 unspecified atom stereocenters. The molecule has 0 radical (unpaired) electrons. The Kier molecular flexibility index (Phi) is 5.13. The second-order valence-electron chi connectivity index (χ2n) is 6.60. The van der Waals surface area contributed by atoms with Gasteiger partial charge in [-0.15, -0.1) is 0 Å². The predicted molar refractivity (Wildman–Crippen MR) is 105 cm³/mol. The van der Waals surface area contributed by atoms with Gasteiger partial charge >= 0.3 is 0 Å². The van der Waals surface area contributed by atoms with Crippen LogP contribution in [0.5, 0.6) is 0 Å². The molecule has 1 N–H and O–H groups in total. The maximum absolute atomic E-state index is 13.0. The zero-order chi connectivity index (χ0) is 19.6. The van der Waals surface area contributed by atoms with Crippen LogP contribution in [-0.4, -0.2) is 22.9 Å². The molecule has 3 rings (SSSR count). The van der Waals surface area contributed by atoms with Crippen molar-refractivity contribution < 1.29 is 9.59 Å². The topological polar surface area (TPSA) is 78.1 Å². The number of aromatic nitrogens is 1. The van der Waals surface area contributed by atoms with Crippen molar-refractivity contribution in [2.75, 3.05) is 16.8 Å². The number of fused-ring (bicyclic) bond motifs is 1. The van der Waals surface area contributed by atoms with Crippen molar-refractivity contribution in [3.05, 3.63) is 52.9 Å². The molecule has 6 nitrogen and oxygen atoms in total. The third-order valence-electron chi connectivity index (χ3n) is 4.73. The SMILES string of the molecule is CCCn1c(C)cc(/C=C(\C#N)C(=O)N2CC(=O)Nc3ccccc32)c1C. The van der Waals surface area contributed by atoms with Crippen molar-refractivity contribution in [3.8, 4) is 6.07 Å². The van der Waals surface area contributed by atoms with E-state index in [9.17, 15) is 14.9 Å². The molecule has 0 spiro atoms. The quantitative estimate of drug-likeness (QED) is 0.669. The van der Waals surface area contributed by atoms with Crippen molar-refractivity contribution in [1.29, 1.82) is 5.26 Å². The fourth-order valence-electron chi connectivity index (χ4n) is 3.40. The summed E-state index contributed by atoms with van der Waals surface area (Å²) in [6.07, 6.45) is 2.62. The van der Waals surface area contributed by atoms with Gasteiger partial charge in [-0.2, -0.15) is 5.26 Å². The van der Waals surface area contributed by atoms with Gasteiger partial charge in [0.25, 0.3) is 5.91 Å². The number of aryl methyl sites for hydroxylation is 1. The van der Waals surface area contributed by atoms with Gasteiger partial charge in [0.05, 0.1) is 11.4 Å². The van der Waals surface area contributed by atoms with Gasteiger partial charge in [-0.05, 0) is 50.1 Å². The minimum atomic E-state index is -0.472. The number of hydrogen-bond acceptors (Lipinski definition) is 3. The highest BCUT2D eigenvalue weighted by Crippen LogP contribution is 2.30. The van der Waals surface area contributed by atoms with Crippen molar-refractivity contribution >= 4 is 29.3 Å². The van der Waals surface area contributed by atoms with Crippen LogP contribution in [0.15, 0.2) is 35.9 Å². The summed E-state index contributed by atoms with van der Waals surface area (Å²) in [5.74, 6) is -0.749. The van der Waals surface area contributed by atoms with E-state index < -0.39 is 5.91 Å². The average Bonchev–Trinajstić information content (AvgIpc) is 2.92. The van der Waals surface area contributed by atoms with Gasteiger partial charge in [0.2, 0.25) is 5.91 Å². The van der Waals surface area contributed by atoms with Crippen LogP contribution >= 0.6 is 0 Å². The number of para-hydroxylation sites is 2. The summed E-state index contributed by atoms with van der Waals surface area (Å²) in [6.45, 7) is 6.89. The largest absolute Gasteiger partial charge is 0.349 e. The maximum atomic E-state index is 13.0. The van der Waals surface area contributed by atoms with Gasteiger partial charge < -0.3 is 9.88 Å². The first-order chi connectivity index (χ1) is 13.0. The lowest BCUT2D eigenvalue weighted by Gasteiger charge is -2.28. The molecular formula is C21H22N4O2. The molecule has 0 saturated heterocycles. The second kappa shape index (κ2) is 7.50. The first-order valence-corrected chi connectivity index (χ1v) is 8.95. The Hall–Kier alpha value is -3.33. The van der Waals surface area contributed by atoms with Crippen LogP contribution in [0.25, 0.3) is 6.08 Å². The minimum Gasteiger partial charge on any atom is -0.349 e. The number of amides is 2. The summed E-state index contributed by atoms with van der Waals surface area (Å²) in [5.41, 5.74) is 4.14. The monoisotopic (exact) mass is 362 g/mol. The molecule has 0 saturated carbocycles. The number of hydrogen-bond donors (Lipinski definition) is 1. The molecule has 0 bridgehead atoms. The maximum Gasteiger partial charge on any atom is 0.269 e. The fraction of sp³-hybridized carbons (Fsp3) is 0.286. The smallest absolute Gasteiger partial charge is 0.269 e. The molecule has 6 heteroatoms. The Balaban J connectivity index is 1.99. The van der Waals surface area contributed by atoms with Crippen LogP contribution < -0.4 is 10.2 Å². The standard InChI is InChI=1S/C21H22N4O2/c1-4-9-24-14(2)10-16(15(24)3)11-17(12-22)21(27)25-13-20(26)23-18-7-5-6-8-19(18)25/h5-8,10-11H,4,9,13H2,1-3H3,(H,23,26)/b17-11+. The van der Waals surface area contributed by atoms with E-state index in [4.69, 9.17) is 0 Å². The van der Waals surface area contributed by atoms with Crippen molar-refractivity contribution in [2.45, 2.75) is 33.7 Å². The number of nitrogens with zero attached hydrogens (tertiary/aromatic N) is 3. The number of carbonyl (C=O) groups excluding carboxylic acids is 2. The number of nitriles is 1. The molecule has 1 aromatic carbocycles. The Bertz CT molecular complexity index is 979. The zero-order valence-electron chi connectivity index (χ0n) is 15.7. The van der Waals surface area contributed by atoms with Crippen LogP contribution in [0.4, 0.5) is 11.4 Å². The van der Waals surface area contributed by atoms with Crippen LogP contribution in [0.2, 0.25) is 0 Å². The van der Waals surface area contributed by atoms with Crippen LogP contribution in [0, 0.1) is 25.2 Å². The highest BCUT2D eigenvalue weighted by Gasteiger charge is 2.28. The van der Waals surface area contributed by atoms with E-state index >= 15 is 0 Å². The summed E-state index contributed by atoms with van der Waals surface area (Å²) < 4.78 is 2.18. The number of carbonyl (C=O) groups is 2. The van der Waals surface area contributed by atoms with Crippen molar-refractivity contribution in [2.24, 2.45) is 0 Å². The van der Waals surface area contributed by atoms with Gasteiger partial charge in [0.15, 0.2) is 0 Å². The predicted octanol–water partition coefficient (Wildman–Crippen LogP) is 3.41. The van der Waals surface area contributed by atoms with Crippen molar-refractivity contribution in [1.82, 2.24) is 4.57 Å². The van der Waals surface area contributed by atoms with E-state index in [0.717, 1.165) is 29.9 Å². The molecule has 1 aliphatic heterocycles. The van der Waals surface area contributed by atoms with Gasteiger partial charge in [0, 0.05) is 17.9 Å². The molecule has 2 heterocycles. The molecule has 0 fully saturated rings. The van der Waals surface area contributed by atoms with Crippen LogP contribution in [0.1, 0.15) is 30.3 Å². The third-order valence-corrected chi connectivity index (χ3v) is 4.73. The lowest BCUT2D eigenvalue weighted by molar-refractivity contribution is -0.119. The van der Waals surface area contributed by atoms with Crippen LogP contribution in [-0.2, 0) is 16.1 Å². The van der Waals surface area contributed by atoms with Gasteiger partial charge in [-0.25, -0.2) is 0 Å². The highest BCUT2D eigenvalue weighted by atomic mass is 16.2. The molecule has 1 aliphatic rings. The fourth-order valence-corrected chi connectivity index (χ4v) is 3.40. The minimum absolute atomic E-state index is 0.0104. The number of benzene rings is 1. The lowest BCUT2D eigenvalue weighted by atomic mass is 10.1. The molecule has 27 heavy (non-hydrogen) atoms. The molecule has 138 valence electrons. The summed E-state index contributed by atoms with van der Waals surface area (Å²) in [5, 5.41) is 12.3. The third kappa shape index (κ3) is 3.49. The number of rotatable bonds is 4. The number of anilines is 2. The van der Waals surface area contributed by atoms with E-state index in [-0.39, 0.29) is 18.0 Å². The molecule has 0 atom stereocenters. The molecule has 2 amide bonds. The van der Waals surface area contributed by atoms with E-state index in [1.165, 1.54) is 4.90 Å². The van der Waals surface area contributed by atoms with E-state index in [1.54, 1.807) is 30.3 Å². The lowest BCUT2D eigenvalue weighted by Crippen LogP contribution is -2.42. The number of nitrogens with one attached hydrogen (secondary N) is 1. The molecule has 1 aromatic heterocycles. The molecule has 2 aromatic rings. The zero-order valence-corrected chi connectivity index (χ0v) is 15.7. The summed E-state index contributed by atoms with van der Waals surface area (Å²) in [4.78, 5) is 26.3. The normalized spacial score (nSPS) is 13.8. The second-order valence-corrected chi connectivity index (χ2v) is 6.60. The van der Waals surface area contributed by atoms with Gasteiger partial charge in [-0.3, -0.25) is 14.5 Å². The molecular weight excluding hydrogens is 340 g/mol. The van der Waals surface area contributed by atoms with E-state index in [2.05, 4.69) is 16.8 Å². The van der Waals surface area contributed by atoms with Crippen molar-refractivity contribution in [3.63, 3.8) is 0 Å². The van der Waals surface area contributed by atoms with E-state index in [1.807, 2.05) is 26.0 Å². The first kappa shape index (κ1) is 18.5. The summed E-state index contributed by atoms with van der Waals surface area (Å²) in [7, 11) is 0. The Labute approximate surface area is 158 Å².